The van der Waals surface area contributed by atoms with Gasteiger partial charge in [-0.15, -0.1) is 11.3 Å². The summed E-state index contributed by atoms with van der Waals surface area (Å²) in [6, 6.07) is 13.8. The molecule has 2 aromatic carbocycles. The van der Waals surface area contributed by atoms with Gasteiger partial charge in [0, 0.05) is 29.7 Å². The monoisotopic (exact) mass is 489 g/mol. The van der Waals surface area contributed by atoms with Crippen LogP contribution >= 0.6 is 34.5 Å². The van der Waals surface area contributed by atoms with Crippen LogP contribution in [0.5, 0.6) is 5.75 Å². The molecule has 0 unspecified atom stereocenters. The summed E-state index contributed by atoms with van der Waals surface area (Å²) in [5, 5.41) is 8.66. The number of nitrogens with zero attached hydrogens (tertiary/aromatic N) is 1. The molecule has 4 rings (SSSR count). The van der Waals surface area contributed by atoms with Gasteiger partial charge in [-0.3, -0.25) is 9.59 Å². The number of rotatable bonds is 6. The number of thiophene rings is 1. The summed E-state index contributed by atoms with van der Waals surface area (Å²) in [5.41, 5.74) is 1.73. The molecule has 2 heterocycles. The van der Waals surface area contributed by atoms with Crippen molar-refractivity contribution >= 4 is 57.7 Å². The zero-order chi connectivity index (χ0) is 22.7. The van der Waals surface area contributed by atoms with Crippen LogP contribution in [0.15, 0.2) is 53.9 Å². The number of benzene rings is 2. The number of hydrogen-bond acceptors (Lipinski definition) is 5. The van der Waals surface area contributed by atoms with E-state index in [4.69, 9.17) is 27.9 Å². The molecule has 2 N–H and O–H groups in total. The molecule has 32 heavy (non-hydrogen) atoms. The Morgan fingerprint density at radius 2 is 1.97 bits per heavy atom. The van der Waals surface area contributed by atoms with E-state index >= 15 is 0 Å². The summed E-state index contributed by atoms with van der Waals surface area (Å²) in [5.74, 6) is 0.254. The lowest BCUT2D eigenvalue weighted by Crippen LogP contribution is -2.37. The summed E-state index contributed by atoms with van der Waals surface area (Å²) >= 11 is 13.7. The van der Waals surface area contributed by atoms with Gasteiger partial charge in [0.15, 0.2) is 0 Å². The molecular formula is C23H21Cl2N3O3S. The number of nitrogens with one attached hydrogen (secondary N) is 2. The molecule has 1 aliphatic heterocycles. The molecule has 0 bridgehead atoms. The number of methoxy groups -OCH3 is 1. The van der Waals surface area contributed by atoms with Gasteiger partial charge in [-0.25, -0.2) is 0 Å². The van der Waals surface area contributed by atoms with Crippen molar-refractivity contribution in [3.8, 4) is 5.75 Å². The van der Waals surface area contributed by atoms with E-state index in [9.17, 15) is 9.59 Å². The average molecular weight is 490 g/mol. The quantitative estimate of drug-likeness (QED) is 0.491. The minimum absolute atomic E-state index is 0.0361. The fourth-order valence-corrected chi connectivity index (χ4v) is 4.58. The third-order valence-electron chi connectivity index (χ3n) is 5.23. The highest BCUT2D eigenvalue weighted by Crippen LogP contribution is 2.33. The Hall–Kier alpha value is -2.74. The SMILES string of the molecule is COc1ccc(Cl)cc1N1CC[C@H](NC(=O)c2ccc(Cl)c(NC(=O)c3cccs3)c2)C1. The van der Waals surface area contributed by atoms with Crippen LogP contribution < -0.4 is 20.3 Å². The summed E-state index contributed by atoms with van der Waals surface area (Å²) in [7, 11) is 1.62. The van der Waals surface area contributed by atoms with Gasteiger partial charge >= 0.3 is 0 Å². The molecule has 6 nitrogen and oxygen atoms in total. The number of anilines is 2. The highest BCUT2D eigenvalue weighted by molar-refractivity contribution is 7.12. The van der Waals surface area contributed by atoms with Gasteiger partial charge in [0.1, 0.15) is 5.75 Å². The number of carbonyl (C=O) groups excluding carboxylic acids is 2. The van der Waals surface area contributed by atoms with Crippen LogP contribution in [-0.2, 0) is 0 Å². The van der Waals surface area contributed by atoms with E-state index in [0.717, 1.165) is 24.4 Å². The molecule has 1 atom stereocenters. The van der Waals surface area contributed by atoms with Gasteiger partial charge in [-0.2, -0.15) is 0 Å². The zero-order valence-corrected chi connectivity index (χ0v) is 19.6. The Bertz CT molecular complexity index is 1140. The van der Waals surface area contributed by atoms with Crippen molar-refractivity contribution in [2.45, 2.75) is 12.5 Å². The second kappa shape index (κ2) is 9.81. The Labute approximate surface area is 200 Å². The first-order valence-electron chi connectivity index (χ1n) is 9.98. The van der Waals surface area contributed by atoms with Crippen LogP contribution in [-0.4, -0.2) is 38.1 Å². The van der Waals surface area contributed by atoms with Gasteiger partial charge in [-0.05, 0) is 54.3 Å². The van der Waals surface area contributed by atoms with Crippen molar-refractivity contribution in [1.29, 1.82) is 0 Å². The summed E-state index contributed by atoms with van der Waals surface area (Å²) in [6.45, 7) is 1.41. The van der Waals surface area contributed by atoms with Crippen LogP contribution in [0.25, 0.3) is 0 Å². The van der Waals surface area contributed by atoms with E-state index in [2.05, 4.69) is 15.5 Å². The Morgan fingerprint density at radius 3 is 2.72 bits per heavy atom. The third-order valence-corrected chi connectivity index (χ3v) is 6.66. The van der Waals surface area contributed by atoms with E-state index in [1.165, 1.54) is 11.3 Å². The van der Waals surface area contributed by atoms with Crippen molar-refractivity contribution < 1.29 is 14.3 Å². The highest BCUT2D eigenvalue weighted by atomic mass is 35.5. The Kier molecular flexibility index (Phi) is 6.89. The van der Waals surface area contributed by atoms with Crippen molar-refractivity contribution in [1.82, 2.24) is 5.32 Å². The molecule has 2 amide bonds. The Morgan fingerprint density at radius 1 is 1.12 bits per heavy atom. The number of carbonyl (C=O) groups is 2. The van der Waals surface area contributed by atoms with Crippen LogP contribution in [0.2, 0.25) is 10.0 Å². The molecule has 0 spiro atoms. The summed E-state index contributed by atoms with van der Waals surface area (Å²) < 4.78 is 5.45. The Balaban J connectivity index is 1.42. The summed E-state index contributed by atoms with van der Waals surface area (Å²) in [6.07, 6.45) is 0.789. The average Bonchev–Trinajstić information content (AvgIpc) is 3.47. The van der Waals surface area contributed by atoms with Crippen molar-refractivity contribution in [3.05, 3.63) is 74.4 Å². The van der Waals surface area contributed by atoms with Gasteiger partial charge in [0.25, 0.3) is 11.8 Å². The largest absolute Gasteiger partial charge is 0.495 e. The van der Waals surface area contributed by atoms with E-state index < -0.39 is 0 Å². The second-order valence-corrected chi connectivity index (χ2v) is 9.14. The van der Waals surface area contributed by atoms with Crippen molar-refractivity contribution in [3.63, 3.8) is 0 Å². The standard InChI is InChI=1S/C23H21Cl2N3O3S/c1-31-20-7-5-15(24)12-19(20)28-9-8-16(13-28)26-22(29)14-4-6-17(25)18(11-14)27-23(30)21-3-2-10-32-21/h2-7,10-12,16H,8-9,13H2,1H3,(H,26,29)(H,27,30)/t16-/m0/s1. The fraction of sp³-hybridized carbons (Fsp3) is 0.217. The van der Waals surface area contributed by atoms with Crippen molar-refractivity contribution in [2.24, 2.45) is 0 Å². The topological polar surface area (TPSA) is 70.7 Å². The van der Waals surface area contributed by atoms with E-state index in [1.54, 1.807) is 43.5 Å². The molecule has 166 valence electrons. The van der Waals surface area contributed by atoms with Crippen molar-refractivity contribution in [2.75, 3.05) is 30.4 Å². The van der Waals surface area contributed by atoms with Crippen LogP contribution in [0.1, 0.15) is 26.5 Å². The molecule has 1 fully saturated rings. The van der Waals surface area contributed by atoms with Gasteiger partial charge in [0.05, 0.1) is 28.4 Å². The minimum Gasteiger partial charge on any atom is -0.495 e. The predicted molar refractivity (Wildman–Crippen MR) is 130 cm³/mol. The smallest absolute Gasteiger partial charge is 0.265 e. The molecule has 1 aliphatic rings. The first-order valence-corrected chi connectivity index (χ1v) is 11.6. The number of ether oxygens (including phenoxy) is 1. The van der Waals surface area contributed by atoms with E-state index in [-0.39, 0.29) is 17.9 Å². The lowest BCUT2D eigenvalue weighted by molar-refractivity contribution is 0.0939. The number of amides is 2. The maximum atomic E-state index is 12.9. The first-order chi connectivity index (χ1) is 15.4. The maximum absolute atomic E-state index is 12.9. The highest BCUT2D eigenvalue weighted by Gasteiger charge is 2.26. The second-order valence-electron chi connectivity index (χ2n) is 7.35. The van der Waals surface area contributed by atoms with Gasteiger partial charge < -0.3 is 20.3 Å². The minimum atomic E-state index is -0.263. The number of hydrogen-bond donors (Lipinski definition) is 2. The fourth-order valence-electron chi connectivity index (χ4n) is 3.63. The molecule has 0 saturated carbocycles. The molecular weight excluding hydrogens is 469 g/mol. The molecule has 0 radical (unpaired) electrons. The molecule has 1 aromatic heterocycles. The summed E-state index contributed by atoms with van der Waals surface area (Å²) in [4.78, 5) is 27.9. The normalized spacial score (nSPS) is 15.5. The van der Waals surface area contributed by atoms with E-state index in [1.807, 2.05) is 17.5 Å². The molecule has 9 heteroatoms. The molecule has 0 aliphatic carbocycles. The molecule has 3 aromatic rings. The number of halogens is 2. The first kappa shape index (κ1) is 22.5. The lowest BCUT2D eigenvalue weighted by atomic mass is 10.1. The predicted octanol–water partition coefficient (Wildman–Crippen LogP) is 5.32. The van der Waals surface area contributed by atoms with Crippen LogP contribution in [0.4, 0.5) is 11.4 Å². The van der Waals surface area contributed by atoms with Gasteiger partial charge in [-0.1, -0.05) is 29.3 Å². The maximum Gasteiger partial charge on any atom is 0.265 e. The van der Waals surface area contributed by atoms with Gasteiger partial charge in [0.2, 0.25) is 0 Å². The zero-order valence-electron chi connectivity index (χ0n) is 17.2. The molecule has 1 saturated heterocycles. The van der Waals surface area contributed by atoms with Crippen LogP contribution in [0, 0.1) is 0 Å². The lowest BCUT2D eigenvalue weighted by Gasteiger charge is -2.22. The van der Waals surface area contributed by atoms with E-state index in [0.29, 0.717) is 32.7 Å². The van der Waals surface area contributed by atoms with Crippen LogP contribution in [0.3, 0.4) is 0 Å². The third kappa shape index (κ3) is 5.01.